The number of sulfonamides is 1. The highest BCUT2D eigenvalue weighted by atomic mass is 35.5. The van der Waals surface area contributed by atoms with Gasteiger partial charge in [0.25, 0.3) is 0 Å². The van der Waals surface area contributed by atoms with E-state index in [9.17, 15) is 21.6 Å². The summed E-state index contributed by atoms with van der Waals surface area (Å²) in [6, 6.07) is 3.56. The summed E-state index contributed by atoms with van der Waals surface area (Å²) in [6.45, 7) is 1.74. The van der Waals surface area contributed by atoms with Crippen molar-refractivity contribution in [1.29, 1.82) is 0 Å². The van der Waals surface area contributed by atoms with E-state index in [4.69, 9.17) is 11.6 Å². The molecule has 1 N–H and O–H groups in total. The van der Waals surface area contributed by atoms with Gasteiger partial charge in [0.2, 0.25) is 10.0 Å². The fourth-order valence-electron chi connectivity index (χ4n) is 1.27. The van der Waals surface area contributed by atoms with Crippen LogP contribution < -0.4 is 4.72 Å². The monoisotopic (exact) mass is 315 g/mol. The topological polar surface area (TPSA) is 46.2 Å². The summed E-state index contributed by atoms with van der Waals surface area (Å²) in [5, 5.41) is -0.402. The van der Waals surface area contributed by atoms with Crippen molar-refractivity contribution < 1.29 is 21.6 Å². The molecule has 19 heavy (non-hydrogen) atoms. The molecule has 8 heteroatoms. The first-order valence-electron chi connectivity index (χ1n) is 5.48. The molecule has 0 saturated heterocycles. The zero-order valence-electron chi connectivity index (χ0n) is 10.0. The van der Waals surface area contributed by atoms with Crippen molar-refractivity contribution >= 4 is 21.6 Å². The van der Waals surface area contributed by atoms with E-state index in [1.807, 2.05) is 0 Å². The van der Waals surface area contributed by atoms with Gasteiger partial charge in [0.05, 0.1) is 10.5 Å². The molecule has 1 aromatic carbocycles. The van der Waals surface area contributed by atoms with E-state index in [1.54, 1.807) is 6.92 Å². The summed E-state index contributed by atoms with van der Waals surface area (Å²) in [4.78, 5) is -0.428. The predicted molar refractivity (Wildman–Crippen MR) is 66.6 cm³/mol. The van der Waals surface area contributed by atoms with Crippen LogP contribution in [0.5, 0.6) is 0 Å². The van der Waals surface area contributed by atoms with E-state index in [2.05, 4.69) is 4.72 Å². The minimum absolute atomic E-state index is 0.0311. The van der Waals surface area contributed by atoms with Crippen LogP contribution in [0.3, 0.4) is 0 Å². The lowest BCUT2D eigenvalue weighted by Gasteiger charge is -2.11. The molecule has 0 radical (unpaired) electrons. The molecule has 0 aliphatic rings. The highest BCUT2D eigenvalue weighted by molar-refractivity contribution is 7.89. The van der Waals surface area contributed by atoms with Crippen LogP contribution in [0.25, 0.3) is 0 Å². The lowest BCUT2D eigenvalue weighted by atomic mass is 10.2. The molecule has 1 aromatic rings. The molecule has 0 aliphatic carbocycles. The third kappa shape index (κ3) is 4.67. The smallest absolute Gasteiger partial charge is 0.210 e. The van der Waals surface area contributed by atoms with Crippen molar-refractivity contribution in [3.63, 3.8) is 0 Å². The van der Waals surface area contributed by atoms with Crippen molar-refractivity contribution in [2.24, 2.45) is 0 Å². The SMILES string of the molecule is CCC(Cl)CNS(=O)(=O)c1cccc(C(F)(F)F)c1. The standard InChI is InChI=1S/C11H13ClF3NO2S/c1-2-9(12)7-16-19(17,18)10-5-3-4-8(6-10)11(13,14)15/h3-6,9,16H,2,7H2,1H3. The Morgan fingerprint density at radius 2 is 2.00 bits per heavy atom. The summed E-state index contributed by atoms with van der Waals surface area (Å²) in [6.07, 6.45) is -4.03. The van der Waals surface area contributed by atoms with E-state index < -0.39 is 32.0 Å². The average molecular weight is 316 g/mol. The summed E-state index contributed by atoms with van der Waals surface area (Å²) in [7, 11) is -3.98. The van der Waals surface area contributed by atoms with Gasteiger partial charge in [-0.3, -0.25) is 0 Å². The number of halogens is 4. The van der Waals surface area contributed by atoms with Gasteiger partial charge in [-0.05, 0) is 24.6 Å². The first-order valence-corrected chi connectivity index (χ1v) is 7.39. The van der Waals surface area contributed by atoms with Crippen LogP contribution in [0.1, 0.15) is 18.9 Å². The number of hydrogen-bond donors (Lipinski definition) is 1. The Morgan fingerprint density at radius 3 is 2.53 bits per heavy atom. The second-order valence-electron chi connectivity index (χ2n) is 3.88. The maximum Gasteiger partial charge on any atom is 0.416 e. The molecule has 0 saturated carbocycles. The van der Waals surface area contributed by atoms with Gasteiger partial charge < -0.3 is 0 Å². The lowest BCUT2D eigenvalue weighted by Crippen LogP contribution is -2.29. The molecule has 0 aliphatic heterocycles. The number of benzene rings is 1. The van der Waals surface area contributed by atoms with Crippen LogP contribution in [0.2, 0.25) is 0 Å². The molecular formula is C11H13ClF3NO2S. The van der Waals surface area contributed by atoms with Gasteiger partial charge in [0, 0.05) is 11.9 Å². The molecule has 0 heterocycles. The molecule has 1 unspecified atom stereocenters. The molecule has 108 valence electrons. The second kappa shape index (κ2) is 6.11. The third-order valence-corrected chi connectivity index (χ3v) is 4.29. The van der Waals surface area contributed by atoms with Crippen LogP contribution in [-0.2, 0) is 16.2 Å². The van der Waals surface area contributed by atoms with Gasteiger partial charge in [0.1, 0.15) is 0 Å². The molecule has 3 nitrogen and oxygen atoms in total. The third-order valence-electron chi connectivity index (χ3n) is 2.41. The number of hydrogen-bond acceptors (Lipinski definition) is 2. The molecule has 0 aromatic heterocycles. The Bertz CT molecular complexity index is 531. The minimum atomic E-state index is -4.58. The first-order chi connectivity index (χ1) is 8.66. The quantitative estimate of drug-likeness (QED) is 0.849. The molecule has 0 bridgehead atoms. The minimum Gasteiger partial charge on any atom is -0.210 e. The zero-order valence-corrected chi connectivity index (χ0v) is 11.6. The van der Waals surface area contributed by atoms with Gasteiger partial charge in [-0.25, -0.2) is 13.1 Å². The van der Waals surface area contributed by atoms with Crippen LogP contribution >= 0.6 is 11.6 Å². The predicted octanol–water partition coefficient (Wildman–Crippen LogP) is 3.00. The Morgan fingerprint density at radius 1 is 1.37 bits per heavy atom. The Balaban J connectivity index is 2.96. The Kier molecular flexibility index (Phi) is 5.23. The van der Waals surface area contributed by atoms with Crippen LogP contribution in [-0.4, -0.2) is 20.3 Å². The second-order valence-corrected chi connectivity index (χ2v) is 6.27. The summed E-state index contributed by atoms with van der Waals surface area (Å²) >= 11 is 5.76. The summed E-state index contributed by atoms with van der Waals surface area (Å²) in [5.74, 6) is 0. The van der Waals surface area contributed by atoms with E-state index in [0.29, 0.717) is 12.5 Å². The summed E-state index contributed by atoms with van der Waals surface area (Å²) < 4.78 is 63.2. The van der Waals surface area contributed by atoms with E-state index in [-0.39, 0.29) is 6.54 Å². The van der Waals surface area contributed by atoms with Gasteiger partial charge in [-0.1, -0.05) is 13.0 Å². The van der Waals surface area contributed by atoms with Gasteiger partial charge in [-0.15, -0.1) is 11.6 Å². The van der Waals surface area contributed by atoms with Crippen LogP contribution in [0.4, 0.5) is 13.2 Å². The zero-order chi connectivity index (χ0) is 14.7. The van der Waals surface area contributed by atoms with Gasteiger partial charge >= 0.3 is 6.18 Å². The van der Waals surface area contributed by atoms with Crippen molar-refractivity contribution in [3.8, 4) is 0 Å². The highest BCUT2D eigenvalue weighted by Crippen LogP contribution is 2.30. The molecule has 1 atom stereocenters. The largest absolute Gasteiger partial charge is 0.416 e. The molecule has 1 rings (SSSR count). The number of nitrogens with one attached hydrogen (secondary N) is 1. The Labute approximate surface area is 114 Å². The van der Waals surface area contributed by atoms with Crippen molar-refractivity contribution in [3.05, 3.63) is 29.8 Å². The number of alkyl halides is 4. The van der Waals surface area contributed by atoms with E-state index in [0.717, 1.165) is 18.2 Å². The average Bonchev–Trinajstić information content (AvgIpc) is 2.35. The normalized spacial score (nSPS) is 14.4. The first kappa shape index (κ1) is 16.3. The lowest BCUT2D eigenvalue weighted by molar-refractivity contribution is -0.137. The van der Waals surface area contributed by atoms with Crippen molar-refractivity contribution in [2.45, 2.75) is 29.8 Å². The van der Waals surface area contributed by atoms with Crippen LogP contribution in [0, 0.1) is 0 Å². The van der Waals surface area contributed by atoms with Gasteiger partial charge in [-0.2, -0.15) is 13.2 Å². The van der Waals surface area contributed by atoms with Gasteiger partial charge in [0.15, 0.2) is 0 Å². The maximum absolute atomic E-state index is 12.5. The molecule has 0 fully saturated rings. The maximum atomic E-state index is 12.5. The molecular weight excluding hydrogens is 303 g/mol. The summed E-state index contributed by atoms with van der Waals surface area (Å²) in [5.41, 5.74) is -1.01. The fraction of sp³-hybridized carbons (Fsp3) is 0.455. The van der Waals surface area contributed by atoms with Crippen molar-refractivity contribution in [2.75, 3.05) is 6.54 Å². The molecule has 0 spiro atoms. The van der Waals surface area contributed by atoms with Crippen LogP contribution in [0.15, 0.2) is 29.2 Å². The fourth-order valence-corrected chi connectivity index (χ4v) is 2.56. The highest BCUT2D eigenvalue weighted by Gasteiger charge is 2.31. The Hall–Kier alpha value is -0.790. The number of rotatable bonds is 5. The molecule has 0 amide bonds. The van der Waals surface area contributed by atoms with E-state index in [1.165, 1.54) is 0 Å². The van der Waals surface area contributed by atoms with Crippen molar-refractivity contribution in [1.82, 2.24) is 4.72 Å². The van der Waals surface area contributed by atoms with E-state index >= 15 is 0 Å².